The Kier molecular flexibility index (Phi) is 4.36. The number of benzene rings is 1. The topological polar surface area (TPSA) is 42.2 Å². The lowest BCUT2D eigenvalue weighted by atomic mass is 10.2. The van der Waals surface area contributed by atoms with Crippen LogP contribution < -0.4 is 5.32 Å². The number of carbonyl (C=O) groups is 1. The zero-order chi connectivity index (χ0) is 12.6. The van der Waals surface area contributed by atoms with E-state index in [2.05, 4.69) is 5.32 Å². The fourth-order valence-electron chi connectivity index (χ4n) is 1.56. The van der Waals surface area contributed by atoms with E-state index >= 15 is 0 Å². The number of hydrogen-bond acceptors (Lipinski definition) is 2. The van der Waals surface area contributed by atoms with Gasteiger partial charge in [0, 0.05) is 12.6 Å². The zero-order valence-corrected chi connectivity index (χ0v) is 10.0. The van der Waals surface area contributed by atoms with E-state index in [0.717, 1.165) is 17.5 Å². The number of furan rings is 1. The van der Waals surface area contributed by atoms with E-state index in [9.17, 15) is 4.79 Å². The minimum atomic E-state index is -0.0812. The summed E-state index contributed by atoms with van der Waals surface area (Å²) in [6.07, 6.45) is 7.44. The van der Waals surface area contributed by atoms with Gasteiger partial charge in [-0.2, -0.15) is 0 Å². The predicted molar refractivity (Wildman–Crippen MR) is 70.9 cm³/mol. The van der Waals surface area contributed by atoms with E-state index in [1.165, 1.54) is 0 Å². The first-order valence-electron chi connectivity index (χ1n) is 5.86. The van der Waals surface area contributed by atoms with Crippen molar-refractivity contribution < 1.29 is 9.21 Å². The Morgan fingerprint density at radius 2 is 2.06 bits per heavy atom. The summed E-state index contributed by atoms with van der Waals surface area (Å²) in [4.78, 5) is 11.5. The summed E-state index contributed by atoms with van der Waals surface area (Å²) in [5.74, 6) is -0.0812. The monoisotopic (exact) mass is 241 g/mol. The highest BCUT2D eigenvalue weighted by atomic mass is 16.3. The second kappa shape index (κ2) is 6.45. The van der Waals surface area contributed by atoms with Gasteiger partial charge in [0.2, 0.25) is 5.91 Å². The maximum Gasteiger partial charge on any atom is 0.244 e. The van der Waals surface area contributed by atoms with E-state index in [1.54, 1.807) is 24.7 Å². The van der Waals surface area contributed by atoms with Crippen molar-refractivity contribution in [2.24, 2.45) is 0 Å². The van der Waals surface area contributed by atoms with Gasteiger partial charge in [0.25, 0.3) is 0 Å². The van der Waals surface area contributed by atoms with Crippen molar-refractivity contribution in [1.29, 1.82) is 0 Å². The van der Waals surface area contributed by atoms with Gasteiger partial charge < -0.3 is 9.73 Å². The molecular formula is C15H15NO2. The SMILES string of the molecule is O=C(C=Cc1ccccc1)NCCc1ccoc1. The lowest BCUT2D eigenvalue weighted by molar-refractivity contribution is -0.116. The number of carbonyl (C=O) groups excluding carboxylic acids is 1. The van der Waals surface area contributed by atoms with Gasteiger partial charge in [-0.3, -0.25) is 4.79 Å². The molecule has 1 aromatic carbocycles. The Morgan fingerprint density at radius 1 is 1.22 bits per heavy atom. The third kappa shape index (κ3) is 3.94. The van der Waals surface area contributed by atoms with Crippen molar-refractivity contribution in [2.45, 2.75) is 6.42 Å². The van der Waals surface area contributed by atoms with E-state index in [4.69, 9.17) is 4.42 Å². The molecule has 0 atom stereocenters. The van der Waals surface area contributed by atoms with E-state index in [1.807, 2.05) is 36.4 Å². The Labute approximate surface area is 106 Å². The van der Waals surface area contributed by atoms with Gasteiger partial charge in [-0.1, -0.05) is 30.3 Å². The summed E-state index contributed by atoms with van der Waals surface area (Å²) in [7, 11) is 0. The molecule has 3 heteroatoms. The van der Waals surface area contributed by atoms with Crippen LogP contribution in [0.3, 0.4) is 0 Å². The van der Waals surface area contributed by atoms with Crippen molar-refractivity contribution in [2.75, 3.05) is 6.54 Å². The molecule has 0 saturated heterocycles. The van der Waals surface area contributed by atoms with Crippen LogP contribution in [0.5, 0.6) is 0 Å². The minimum Gasteiger partial charge on any atom is -0.472 e. The van der Waals surface area contributed by atoms with Gasteiger partial charge in [-0.05, 0) is 29.7 Å². The Bertz CT molecular complexity index is 501. The van der Waals surface area contributed by atoms with Gasteiger partial charge in [-0.25, -0.2) is 0 Å². The Balaban J connectivity index is 1.74. The molecule has 0 spiro atoms. The highest BCUT2D eigenvalue weighted by Crippen LogP contribution is 2.01. The second-order valence-corrected chi connectivity index (χ2v) is 3.92. The average Bonchev–Trinajstić information content (AvgIpc) is 2.91. The normalized spacial score (nSPS) is 10.7. The zero-order valence-electron chi connectivity index (χ0n) is 10.0. The Morgan fingerprint density at radius 3 is 2.78 bits per heavy atom. The van der Waals surface area contributed by atoms with Crippen LogP contribution in [0.25, 0.3) is 6.08 Å². The third-order valence-electron chi connectivity index (χ3n) is 2.52. The standard InChI is InChI=1S/C15H15NO2/c17-15(7-6-13-4-2-1-3-5-13)16-10-8-14-9-11-18-12-14/h1-7,9,11-12H,8,10H2,(H,16,17). The number of nitrogens with one attached hydrogen (secondary N) is 1. The van der Waals surface area contributed by atoms with Crippen molar-refractivity contribution in [3.8, 4) is 0 Å². The Hall–Kier alpha value is -2.29. The average molecular weight is 241 g/mol. The van der Waals surface area contributed by atoms with Gasteiger partial charge in [0.05, 0.1) is 12.5 Å². The molecule has 0 aliphatic carbocycles. The first kappa shape index (κ1) is 12.2. The lowest BCUT2D eigenvalue weighted by Gasteiger charge is -1.99. The summed E-state index contributed by atoms with van der Waals surface area (Å²) < 4.78 is 4.95. The predicted octanol–water partition coefficient (Wildman–Crippen LogP) is 2.65. The molecule has 0 unspecified atom stereocenters. The molecule has 2 aromatic rings. The number of rotatable bonds is 5. The van der Waals surface area contributed by atoms with Crippen LogP contribution in [-0.4, -0.2) is 12.5 Å². The lowest BCUT2D eigenvalue weighted by Crippen LogP contribution is -2.23. The largest absolute Gasteiger partial charge is 0.472 e. The molecule has 0 aliphatic heterocycles. The summed E-state index contributed by atoms with van der Waals surface area (Å²) in [5.41, 5.74) is 2.10. The summed E-state index contributed by atoms with van der Waals surface area (Å²) in [6, 6.07) is 11.6. The molecule has 2 rings (SSSR count). The van der Waals surface area contributed by atoms with Crippen LogP contribution in [-0.2, 0) is 11.2 Å². The number of amides is 1. The molecule has 1 heterocycles. The molecule has 0 saturated carbocycles. The summed E-state index contributed by atoms with van der Waals surface area (Å²) in [6.45, 7) is 0.609. The van der Waals surface area contributed by atoms with Gasteiger partial charge in [0.1, 0.15) is 0 Å². The van der Waals surface area contributed by atoms with Crippen LogP contribution in [0.1, 0.15) is 11.1 Å². The fraction of sp³-hybridized carbons (Fsp3) is 0.133. The molecule has 18 heavy (non-hydrogen) atoms. The third-order valence-corrected chi connectivity index (χ3v) is 2.52. The summed E-state index contributed by atoms with van der Waals surface area (Å²) >= 11 is 0. The molecule has 0 fully saturated rings. The molecule has 1 amide bonds. The maximum atomic E-state index is 11.5. The first-order valence-corrected chi connectivity index (χ1v) is 5.86. The smallest absolute Gasteiger partial charge is 0.244 e. The molecule has 0 bridgehead atoms. The van der Waals surface area contributed by atoms with Crippen molar-refractivity contribution in [3.05, 3.63) is 66.1 Å². The van der Waals surface area contributed by atoms with Crippen molar-refractivity contribution >= 4 is 12.0 Å². The highest BCUT2D eigenvalue weighted by molar-refractivity contribution is 5.91. The fourth-order valence-corrected chi connectivity index (χ4v) is 1.56. The van der Waals surface area contributed by atoms with Crippen LogP contribution in [0.4, 0.5) is 0 Å². The van der Waals surface area contributed by atoms with Gasteiger partial charge >= 0.3 is 0 Å². The molecule has 92 valence electrons. The van der Waals surface area contributed by atoms with Gasteiger partial charge in [-0.15, -0.1) is 0 Å². The molecule has 1 N–H and O–H groups in total. The van der Waals surface area contributed by atoms with E-state index in [-0.39, 0.29) is 5.91 Å². The van der Waals surface area contributed by atoms with Crippen LogP contribution in [0.15, 0.2) is 59.4 Å². The molecule has 1 aromatic heterocycles. The quantitative estimate of drug-likeness (QED) is 0.818. The first-order chi connectivity index (χ1) is 8.84. The van der Waals surface area contributed by atoms with Crippen molar-refractivity contribution in [1.82, 2.24) is 5.32 Å². The van der Waals surface area contributed by atoms with Crippen molar-refractivity contribution in [3.63, 3.8) is 0 Å². The van der Waals surface area contributed by atoms with Crippen LogP contribution in [0.2, 0.25) is 0 Å². The number of hydrogen-bond donors (Lipinski definition) is 1. The second-order valence-electron chi connectivity index (χ2n) is 3.92. The minimum absolute atomic E-state index is 0.0812. The summed E-state index contributed by atoms with van der Waals surface area (Å²) in [5, 5.41) is 2.82. The molecule has 3 nitrogen and oxygen atoms in total. The van der Waals surface area contributed by atoms with E-state index in [0.29, 0.717) is 6.54 Å². The van der Waals surface area contributed by atoms with Crippen LogP contribution in [0, 0.1) is 0 Å². The highest BCUT2D eigenvalue weighted by Gasteiger charge is 1.97. The van der Waals surface area contributed by atoms with Crippen LogP contribution >= 0.6 is 0 Å². The van der Waals surface area contributed by atoms with E-state index < -0.39 is 0 Å². The molecular weight excluding hydrogens is 226 g/mol. The molecule has 0 radical (unpaired) electrons. The maximum absolute atomic E-state index is 11.5. The molecule has 0 aliphatic rings. The van der Waals surface area contributed by atoms with Gasteiger partial charge in [0.15, 0.2) is 0 Å².